The number of ether oxygens (including phenoxy) is 1. The van der Waals surface area contributed by atoms with Gasteiger partial charge in [-0.2, -0.15) is 5.48 Å². The zero-order chi connectivity index (χ0) is 18.2. The minimum absolute atomic E-state index is 0.00655. The van der Waals surface area contributed by atoms with E-state index in [1.54, 1.807) is 18.0 Å². The van der Waals surface area contributed by atoms with Crippen LogP contribution in [0.4, 0.5) is 0 Å². The first-order valence-corrected chi connectivity index (χ1v) is 8.03. The van der Waals surface area contributed by atoms with Crippen LogP contribution in [0.1, 0.15) is 23.3 Å². The van der Waals surface area contributed by atoms with E-state index in [1.807, 2.05) is 0 Å². The number of nitrogens with one attached hydrogen (secondary N) is 3. The molecule has 136 valence electrons. The molecular weight excluding hydrogens is 326 g/mol. The van der Waals surface area contributed by atoms with Gasteiger partial charge in [0.05, 0.1) is 13.7 Å². The molecule has 0 unspecified atom stereocenters. The second kappa shape index (κ2) is 8.97. The van der Waals surface area contributed by atoms with E-state index in [2.05, 4.69) is 15.8 Å². The van der Waals surface area contributed by atoms with Crippen LogP contribution in [0.3, 0.4) is 0 Å². The molecule has 1 fully saturated rings. The van der Waals surface area contributed by atoms with Gasteiger partial charge >= 0.3 is 0 Å². The molecule has 9 heteroatoms. The fraction of sp³-hybridized carbons (Fsp3) is 0.500. The molecule has 3 N–H and O–H groups in total. The summed E-state index contributed by atoms with van der Waals surface area (Å²) in [7, 11) is 3.11. The Hall–Kier alpha value is -2.68. The van der Waals surface area contributed by atoms with E-state index in [4.69, 9.17) is 15.0 Å². The predicted octanol–water partition coefficient (Wildman–Crippen LogP) is 0.187. The van der Waals surface area contributed by atoms with Gasteiger partial charge in [0.1, 0.15) is 11.4 Å². The summed E-state index contributed by atoms with van der Waals surface area (Å²) < 4.78 is 5.05. The molecule has 0 atom stereocenters. The van der Waals surface area contributed by atoms with Crippen molar-refractivity contribution in [2.24, 2.45) is 5.92 Å². The molecule has 0 bridgehead atoms. The largest absolute Gasteiger partial charge is 0.497 e. The lowest BCUT2D eigenvalue weighted by Gasteiger charge is -2.31. The van der Waals surface area contributed by atoms with Gasteiger partial charge in [0.25, 0.3) is 5.91 Å². The summed E-state index contributed by atoms with van der Waals surface area (Å²) in [6, 6.07) is 3.15. The molecule has 2 rings (SSSR count). The zero-order valence-electron chi connectivity index (χ0n) is 14.4. The fourth-order valence-electron chi connectivity index (χ4n) is 2.60. The molecule has 9 nitrogen and oxygen atoms in total. The number of rotatable bonds is 6. The summed E-state index contributed by atoms with van der Waals surface area (Å²) in [6.45, 7) is 0.978. The van der Waals surface area contributed by atoms with Crippen LogP contribution >= 0.6 is 0 Å². The summed E-state index contributed by atoms with van der Waals surface area (Å²) in [4.78, 5) is 34.9. The minimum Gasteiger partial charge on any atom is -0.497 e. The number of methoxy groups -OCH3 is 1. The van der Waals surface area contributed by atoms with Gasteiger partial charge in [0.15, 0.2) is 0 Å². The number of hydrogen-bond acceptors (Lipinski definition) is 7. The third-order valence-electron chi connectivity index (χ3n) is 4.03. The molecule has 0 radical (unpaired) electrons. The number of pyridine rings is 1. The molecular formula is C16H23N5O4. The number of nitrogens with zero attached hydrogens (tertiary/aromatic N) is 2. The summed E-state index contributed by atoms with van der Waals surface area (Å²) in [5.41, 5.74) is 2.69. The van der Waals surface area contributed by atoms with E-state index in [9.17, 15) is 9.59 Å². The van der Waals surface area contributed by atoms with Gasteiger partial charge in [-0.25, -0.2) is 0 Å². The van der Waals surface area contributed by atoms with Gasteiger partial charge in [-0.05, 0) is 18.9 Å². The van der Waals surface area contributed by atoms with Crippen LogP contribution in [0.15, 0.2) is 18.3 Å². The maximum absolute atomic E-state index is 12.2. The van der Waals surface area contributed by atoms with E-state index < -0.39 is 5.91 Å². The topological polar surface area (TPSA) is 117 Å². The third kappa shape index (κ3) is 5.15. The monoisotopic (exact) mass is 349 g/mol. The highest BCUT2D eigenvalue weighted by Gasteiger charge is 2.26. The van der Waals surface area contributed by atoms with Crippen molar-refractivity contribution in [2.45, 2.75) is 12.8 Å². The Morgan fingerprint density at radius 2 is 2.12 bits per heavy atom. The summed E-state index contributed by atoms with van der Waals surface area (Å²) in [6.07, 6.45) is 2.80. The summed E-state index contributed by atoms with van der Waals surface area (Å²) >= 11 is 0. The van der Waals surface area contributed by atoms with Gasteiger partial charge in [-0.3, -0.25) is 20.0 Å². The quantitative estimate of drug-likeness (QED) is 0.383. The lowest BCUT2D eigenvalue weighted by molar-refractivity contribution is -0.131. The van der Waals surface area contributed by atoms with Crippen LogP contribution in [0, 0.1) is 11.3 Å². The molecule has 0 saturated carbocycles. The fourth-order valence-corrected chi connectivity index (χ4v) is 2.60. The van der Waals surface area contributed by atoms with E-state index in [0.717, 1.165) is 0 Å². The Morgan fingerprint density at radius 3 is 2.76 bits per heavy atom. The first-order valence-electron chi connectivity index (χ1n) is 8.03. The van der Waals surface area contributed by atoms with Crippen molar-refractivity contribution in [1.29, 1.82) is 5.41 Å². The van der Waals surface area contributed by atoms with E-state index >= 15 is 0 Å². The van der Waals surface area contributed by atoms with Crippen LogP contribution in [-0.2, 0) is 9.63 Å². The van der Waals surface area contributed by atoms with Crippen LogP contribution in [0.25, 0.3) is 0 Å². The number of likely N-dealkylation sites (tertiary alicyclic amines) is 1. The Morgan fingerprint density at radius 1 is 1.40 bits per heavy atom. The number of hydroxylamine groups is 1. The number of hydrogen-bond donors (Lipinski definition) is 3. The SMILES string of the molecule is CNOC(=N)C1CCN(C(=O)CNC(=O)c2cc(OC)ccn2)CC1. The second-order valence-electron chi connectivity index (χ2n) is 5.59. The maximum atomic E-state index is 12.2. The summed E-state index contributed by atoms with van der Waals surface area (Å²) in [5.74, 6) is 0.140. The lowest BCUT2D eigenvalue weighted by Crippen LogP contribution is -2.45. The first kappa shape index (κ1) is 18.7. The molecule has 0 spiro atoms. The maximum Gasteiger partial charge on any atom is 0.270 e. The standard InChI is InChI=1S/C16H23N5O4/c1-18-25-15(17)11-4-7-21(8-5-11)14(22)10-20-16(23)13-9-12(24-2)3-6-19-13/h3,6,9,11,17-18H,4-5,7-8,10H2,1-2H3,(H,20,23). The number of aromatic nitrogens is 1. The van der Waals surface area contributed by atoms with E-state index in [1.165, 1.54) is 19.4 Å². The van der Waals surface area contributed by atoms with Crippen molar-refractivity contribution in [3.05, 3.63) is 24.0 Å². The van der Waals surface area contributed by atoms with Crippen LogP contribution in [0.5, 0.6) is 5.75 Å². The molecule has 1 aliphatic rings. The highest BCUT2D eigenvalue weighted by Crippen LogP contribution is 2.18. The zero-order valence-corrected chi connectivity index (χ0v) is 14.4. The van der Waals surface area contributed by atoms with Crippen LogP contribution in [-0.4, -0.2) is 61.4 Å². The molecule has 1 aromatic rings. The highest BCUT2D eigenvalue weighted by atomic mass is 16.6. The van der Waals surface area contributed by atoms with Crippen molar-refractivity contribution in [1.82, 2.24) is 20.7 Å². The molecule has 1 saturated heterocycles. The van der Waals surface area contributed by atoms with Gasteiger partial charge in [-0.15, -0.1) is 0 Å². The van der Waals surface area contributed by atoms with Crippen molar-refractivity contribution in [3.63, 3.8) is 0 Å². The minimum atomic E-state index is -0.425. The van der Waals surface area contributed by atoms with Crippen molar-refractivity contribution in [3.8, 4) is 5.75 Å². The Labute approximate surface area is 146 Å². The van der Waals surface area contributed by atoms with Crippen molar-refractivity contribution < 1.29 is 19.2 Å². The Bertz CT molecular complexity index is 629. The van der Waals surface area contributed by atoms with Crippen LogP contribution in [0.2, 0.25) is 0 Å². The lowest BCUT2D eigenvalue weighted by atomic mass is 9.96. The Kier molecular flexibility index (Phi) is 6.70. The van der Waals surface area contributed by atoms with E-state index in [-0.39, 0.29) is 30.0 Å². The molecule has 2 heterocycles. The molecule has 25 heavy (non-hydrogen) atoms. The molecule has 1 aliphatic heterocycles. The summed E-state index contributed by atoms with van der Waals surface area (Å²) in [5, 5.41) is 10.3. The number of carbonyl (C=O) groups is 2. The normalized spacial score (nSPS) is 14.7. The molecule has 2 amide bonds. The number of amides is 2. The second-order valence-corrected chi connectivity index (χ2v) is 5.59. The number of piperidine rings is 1. The number of carbonyl (C=O) groups excluding carboxylic acids is 2. The van der Waals surface area contributed by atoms with E-state index in [0.29, 0.717) is 31.7 Å². The molecule has 0 aliphatic carbocycles. The van der Waals surface area contributed by atoms with Crippen molar-refractivity contribution >= 4 is 17.7 Å². The predicted molar refractivity (Wildman–Crippen MR) is 90.3 cm³/mol. The smallest absolute Gasteiger partial charge is 0.270 e. The Balaban J connectivity index is 1.79. The molecule has 1 aromatic heterocycles. The van der Waals surface area contributed by atoms with Gasteiger partial charge in [0, 0.05) is 38.3 Å². The average Bonchev–Trinajstić information content (AvgIpc) is 2.66. The van der Waals surface area contributed by atoms with Gasteiger partial charge in [-0.1, -0.05) is 0 Å². The van der Waals surface area contributed by atoms with Gasteiger partial charge < -0.3 is 19.8 Å². The first-order chi connectivity index (χ1) is 12.0. The van der Waals surface area contributed by atoms with Gasteiger partial charge in [0.2, 0.25) is 11.8 Å². The molecule has 0 aromatic carbocycles. The van der Waals surface area contributed by atoms with Crippen molar-refractivity contribution in [2.75, 3.05) is 33.8 Å². The third-order valence-corrected chi connectivity index (χ3v) is 4.03. The average molecular weight is 349 g/mol. The highest BCUT2D eigenvalue weighted by molar-refractivity contribution is 5.95. The van der Waals surface area contributed by atoms with Crippen LogP contribution < -0.4 is 15.5 Å².